The number of allylic oxidation sites excluding steroid dienone is 1. The summed E-state index contributed by atoms with van der Waals surface area (Å²) in [6.45, 7) is 0.277. The highest BCUT2D eigenvalue weighted by molar-refractivity contribution is 14.1. The molecule has 1 aliphatic rings. The lowest BCUT2D eigenvalue weighted by molar-refractivity contribution is -0.146. The van der Waals surface area contributed by atoms with E-state index in [0.717, 1.165) is 6.42 Å². The predicted molar refractivity (Wildman–Crippen MR) is 68.1 cm³/mol. The Balaban J connectivity index is 2.57. The molecule has 92 valence electrons. The molecule has 0 aromatic rings. The van der Waals surface area contributed by atoms with E-state index in [2.05, 4.69) is 22.6 Å². The molecule has 5 heteroatoms. The summed E-state index contributed by atoms with van der Waals surface area (Å²) in [5, 5.41) is 0. The van der Waals surface area contributed by atoms with E-state index >= 15 is 0 Å². The highest BCUT2D eigenvalue weighted by Gasteiger charge is 2.38. The van der Waals surface area contributed by atoms with Crippen LogP contribution in [-0.2, 0) is 19.0 Å². The van der Waals surface area contributed by atoms with E-state index in [0.29, 0.717) is 6.42 Å². The second kappa shape index (κ2) is 7.24. The molecule has 0 N–H and O–H groups in total. The van der Waals surface area contributed by atoms with Crippen molar-refractivity contribution in [2.75, 3.05) is 21.0 Å². The van der Waals surface area contributed by atoms with Gasteiger partial charge >= 0.3 is 5.97 Å². The monoisotopic (exact) mass is 340 g/mol. The molecule has 0 amide bonds. The zero-order valence-electron chi connectivity index (χ0n) is 9.52. The second-order valence-electron chi connectivity index (χ2n) is 3.78. The van der Waals surface area contributed by atoms with E-state index < -0.39 is 0 Å². The summed E-state index contributed by atoms with van der Waals surface area (Å²) in [6, 6.07) is 0. The average molecular weight is 340 g/mol. The summed E-state index contributed by atoms with van der Waals surface area (Å²) in [4.78, 5) is 11.6. The first kappa shape index (κ1) is 13.9. The van der Waals surface area contributed by atoms with Crippen LogP contribution in [0.5, 0.6) is 0 Å². The number of ether oxygens (including phenoxy) is 3. The predicted octanol–water partition coefficient (Wildman–Crippen LogP) is 2.12. The van der Waals surface area contributed by atoms with Crippen LogP contribution in [0, 0.1) is 11.8 Å². The van der Waals surface area contributed by atoms with Gasteiger partial charge in [-0.2, -0.15) is 0 Å². The van der Waals surface area contributed by atoms with Gasteiger partial charge in [0.05, 0.1) is 19.1 Å². The first-order valence-corrected chi connectivity index (χ1v) is 6.42. The quantitative estimate of drug-likeness (QED) is 0.437. The van der Waals surface area contributed by atoms with Gasteiger partial charge in [0.1, 0.15) is 6.79 Å². The molecule has 1 aliphatic carbocycles. The molecular formula is C11H17IO4. The molecule has 4 nitrogen and oxygen atoms in total. The van der Waals surface area contributed by atoms with Crippen LogP contribution in [0.3, 0.4) is 0 Å². The smallest absolute Gasteiger partial charge is 0.309 e. The third kappa shape index (κ3) is 3.71. The lowest BCUT2D eigenvalue weighted by Crippen LogP contribution is -2.19. The van der Waals surface area contributed by atoms with E-state index in [-0.39, 0.29) is 30.7 Å². The number of hydrogen-bond acceptors (Lipinski definition) is 4. The first-order valence-electron chi connectivity index (χ1n) is 5.18. The fourth-order valence-corrected chi connectivity index (χ4v) is 2.58. The molecular weight excluding hydrogens is 323 g/mol. The van der Waals surface area contributed by atoms with E-state index in [1.165, 1.54) is 7.11 Å². The van der Waals surface area contributed by atoms with Crippen molar-refractivity contribution >= 4 is 28.6 Å². The maximum Gasteiger partial charge on any atom is 0.309 e. The van der Waals surface area contributed by atoms with Gasteiger partial charge in [0.25, 0.3) is 0 Å². The van der Waals surface area contributed by atoms with Crippen LogP contribution < -0.4 is 0 Å². The molecule has 0 saturated heterocycles. The Morgan fingerprint density at radius 1 is 1.44 bits per heavy atom. The molecule has 0 aliphatic heterocycles. The standard InChI is InChI=1S/C11H17IO4/c1-14-7-16-9-5-8(3-4-12)10(6-9)11(13)15-2/h3-4,8-10H,5-7H2,1-2H3/b4-3+/t8-,9+,10-/m1/s1. The highest BCUT2D eigenvalue weighted by atomic mass is 127. The third-order valence-electron chi connectivity index (χ3n) is 2.81. The maximum absolute atomic E-state index is 11.6. The Hall–Kier alpha value is -0.140. The summed E-state index contributed by atoms with van der Waals surface area (Å²) >= 11 is 2.16. The van der Waals surface area contributed by atoms with Crippen molar-refractivity contribution in [2.24, 2.45) is 11.8 Å². The Bertz CT molecular complexity index is 254. The largest absolute Gasteiger partial charge is 0.469 e. The number of hydrogen-bond donors (Lipinski definition) is 0. The van der Waals surface area contributed by atoms with Crippen LogP contribution in [0.4, 0.5) is 0 Å². The Kier molecular flexibility index (Phi) is 6.30. The molecule has 0 bridgehead atoms. The Morgan fingerprint density at radius 3 is 2.75 bits per heavy atom. The zero-order valence-corrected chi connectivity index (χ0v) is 11.7. The van der Waals surface area contributed by atoms with Crippen molar-refractivity contribution < 1.29 is 19.0 Å². The van der Waals surface area contributed by atoms with Gasteiger partial charge in [0.2, 0.25) is 0 Å². The van der Waals surface area contributed by atoms with Crippen molar-refractivity contribution in [3.8, 4) is 0 Å². The topological polar surface area (TPSA) is 44.8 Å². The Morgan fingerprint density at radius 2 is 2.19 bits per heavy atom. The Labute approximate surface area is 109 Å². The van der Waals surface area contributed by atoms with Crippen molar-refractivity contribution in [3.05, 3.63) is 10.2 Å². The third-order valence-corrected chi connectivity index (χ3v) is 3.23. The van der Waals surface area contributed by atoms with Crippen LogP contribution in [0.1, 0.15) is 12.8 Å². The minimum atomic E-state index is -0.150. The highest BCUT2D eigenvalue weighted by Crippen LogP contribution is 2.35. The number of halogens is 1. The minimum absolute atomic E-state index is 0.0849. The minimum Gasteiger partial charge on any atom is -0.469 e. The number of carbonyl (C=O) groups excluding carboxylic acids is 1. The van der Waals surface area contributed by atoms with Crippen molar-refractivity contribution in [1.82, 2.24) is 0 Å². The van der Waals surface area contributed by atoms with Gasteiger partial charge in [-0.05, 0) is 22.8 Å². The van der Waals surface area contributed by atoms with Gasteiger partial charge < -0.3 is 14.2 Å². The molecule has 0 heterocycles. The zero-order chi connectivity index (χ0) is 12.0. The number of rotatable bonds is 5. The molecule has 16 heavy (non-hydrogen) atoms. The molecule has 0 radical (unpaired) electrons. The summed E-state index contributed by atoms with van der Waals surface area (Å²) in [6.07, 6.45) is 3.68. The summed E-state index contributed by atoms with van der Waals surface area (Å²) in [5.74, 6) is -0.0212. The fourth-order valence-electron chi connectivity index (χ4n) is 2.05. The summed E-state index contributed by atoms with van der Waals surface area (Å²) in [5.41, 5.74) is 0. The molecule has 0 unspecified atom stereocenters. The molecule has 3 atom stereocenters. The van der Waals surface area contributed by atoms with Crippen LogP contribution in [0.15, 0.2) is 10.2 Å². The van der Waals surface area contributed by atoms with Crippen LogP contribution in [0.25, 0.3) is 0 Å². The lowest BCUT2D eigenvalue weighted by atomic mass is 9.97. The average Bonchev–Trinajstić information content (AvgIpc) is 2.69. The van der Waals surface area contributed by atoms with E-state index in [9.17, 15) is 4.79 Å². The van der Waals surface area contributed by atoms with Crippen LogP contribution >= 0.6 is 22.6 Å². The van der Waals surface area contributed by atoms with E-state index in [4.69, 9.17) is 14.2 Å². The number of esters is 1. The van der Waals surface area contributed by atoms with Crippen molar-refractivity contribution in [1.29, 1.82) is 0 Å². The van der Waals surface area contributed by atoms with Gasteiger partial charge in [-0.1, -0.05) is 28.7 Å². The van der Waals surface area contributed by atoms with Crippen molar-refractivity contribution in [2.45, 2.75) is 18.9 Å². The molecule has 1 saturated carbocycles. The van der Waals surface area contributed by atoms with Crippen LogP contribution in [-0.4, -0.2) is 33.1 Å². The molecule has 1 rings (SSSR count). The van der Waals surface area contributed by atoms with Crippen LogP contribution in [0.2, 0.25) is 0 Å². The molecule has 0 aromatic carbocycles. The van der Waals surface area contributed by atoms with E-state index in [1.54, 1.807) is 7.11 Å². The van der Waals surface area contributed by atoms with Crippen molar-refractivity contribution in [3.63, 3.8) is 0 Å². The van der Waals surface area contributed by atoms with Gasteiger partial charge in [-0.15, -0.1) is 0 Å². The summed E-state index contributed by atoms with van der Waals surface area (Å²) in [7, 11) is 3.02. The molecule has 0 aromatic heterocycles. The van der Waals surface area contributed by atoms with Gasteiger partial charge in [-0.25, -0.2) is 0 Å². The molecule has 1 fully saturated rings. The normalized spacial score (nSPS) is 29.8. The van der Waals surface area contributed by atoms with Gasteiger partial charge in [0, 0.05) is 7.11 Å². The fraction of sp³-hybridized carbons (Fsp3) is 0.727. The first-order chi connectivity index (χ1) is 7.72. The van der Waals surface area contributed by atoms with Gasteiger partial charge in [-0.3, -0.25) is 4.79 Å². The second-order valence-corrected chi connectivity index (χ2v) is 4.50. The SMILES string of the molecule is COCO[C@H]1C[C@@H](/C=C/I)[C@H](C(=O)OC)C1. The lowest BCUT2D eigenvalue weighted by Gasteiger charge is -2.12. The van der Waals surface area contributed by atoms with Gasteiger partial charge in [0.15, 0.2) is 0 Å². The molecule has 0 spiro atoms. The maximum atomic E-state index is 11.6. The summed E-state index contributed by atoms with van der Waals surface area (Å²) < 4.78 is 17.1. The number of carbonyl (C=O) groups is 1. The number of methoxy groups -OCH3 is 2. The van der Waals surface area contributed by atoms with E-state index in [1.807, 2.05) is 10.2 Å².